The van der Waals surface area contributed by atoms with Gasteiger partial charge in [0.05, 0.1) is 0 Å². The zero-order valence-corrected chi connectivity index (χ0v) is 10.3. The largest absolute Gasteiger partial charge is 0.351 e. The van der Waals surface area contributed by atoms with Gasteiger partial charge < -0.3 is 9.88 Å². The van der Waals surface area contributed by atoms with Crippen LogP contribution in [0.2, 0.25) is 0 Å². The minimum atomic E-state index is 0.620. The Morgan fingerprint density at radius 3 is 2.87 bits per heavy atom. The molecule has 0 fully saturated rings. The van der Waals surface area contributed by atoms with Gasteiger partial charge in [0.1, 0.15) is 0 Å². The molecule has 86 valence electrons. The summed E-state index contributed by atoms with van der Waals surface area (Å²) in [6.07, 6.45) is 8.17. The van der Waals surface area contributed by atoms with Crippen molar-refractivity contribution < 1.29 is 0 Å². The van der Waals surface area contributed by atoms with E-state index in [2.05, 4.69) is 49.1 Å². The number of unbranched alkanes of at least 4 members (excludes halogenated alkanes) is 1. The first-order valence-electron chi connectivity index (χ1n) is 6.15. The van der Waals surface area contributed by atoms with Gasteiger partial charge in [-0.05, 0) is 37.9 Å². The highest BCUT2D eigenvalue weighted by Crippen LogP contribution is 2.12. The fourth-order valence-corrected chi connectivity index (χ4v) is 1.58. The average Bonchev–Trinajstić information content (AvgIpc) is 2.72. The topological polar surface area (TPSA) is 17.0 Å². The molecule has 15 heavy (non-hydrogen) atoms. The van der Waals surface area contributed by atoms with Crippen molar-refractivity contribution in [3.63, 3.8) is 0 Å². The Morgan fingerprint density at radius 1 is 1.40 bits per heavy atom. The fourth-order valence-electron chi connectivity index (χ4n) is 1.58. The lowest BCUT2D eigenvalue weighted by atomic mass is 10.2. The molecule has 0 saturated carbocycles. The molecule has 0 aliphatic carbocycles. The molecule has 0 radical (unpaired) electrons. The number of nitrogens with zero attached hydrogens (tertiary/aromatic N) is 1. The third-order valence-corrected chi connectivity index (χ3v) is 2.91. The van der Waals surface area contributed by atoms with E-state index in [1.165, 1.54) is 24.8 Å². The number of hydrogen-bond donors (Lipinski definition) is 1. The van der Waals surface area contributed by atoms with Gasteiger partial charge in [0, 0.05) is 25.0 Å². The van der Waals surface area contributed by atoms with Gasteiger partial charge in [0.25, 0.3) is 0 Å². The van der Waals surface area contributed by atoms with Crippen LogP contribution in [0.5, 0.6) is 0 Å². The quantitative estimate of drug-likeness (QED) is 0.680. The zero-order valence-electron chi connectivity index (χ0n) is 10.3. The SMILES string of the molecule is CCCCNCc1ccn([C@H](C)CC)c1. The first kappa shape index (κ1) is 12.3. The minimum absolute atomic E-state index is 0.620. The van der Waals surface area contributed by atoms with Gasteiger partial charge in [-0.25, -0.2) is 0 Å². The number of nitrogens with one attached hydrogen (secondary N) is 1. The Bertz CT molecular complexity index is 265. The second-order valence-electron chi connectivity index (χ2n) is 4.25. The van der Waals surface area contributed by atoms with Crippen molar-refractivity contribution in [2.24, 2.45) is 0 Å². The molecule has 2 heteroatoms. The highest BCUT2D eigenvalue weighted by Gasteiger charge is 2.01. The molecule has 0 spiro atoms. The number of hydrogen-bond acceptors (Lipinski definition) is 1. The lowest BCUT2D eigenvalue weighted by Crippen LogP contribution is -2.14. The van der Waals surface area contributed by atoms with E-state index in [4.69, 9.17) is 0 Å². The zero-order chi connectivity index (χ0) is 11.1. The summed E-state index contributed by atoms with van der Waals surface area (Å²) in [5, 5.41) is 3.46. The van der Waals surface area contributed by atoms with Gasteiger partial charge in [-0.3, -0.25) is 0 Å². The molecule has 0 saturated heterocycles. The summed E-state index contributed by atoms with van der Waals surface area (Å²) in [7, 11) is 0. The van der Waals surface area contributed by atoms with Crippen LogP contribution in [0.4, 0.5) is 0 Å². The van der Waals surface area contributed by atoms with Crippen LogP contribution in [0.3, 0.4) is 0 Å². The van der Waals surface area contributed by atoms with E-state index in [0.29, 0.717) is 6.04 Å². The van der Waals surface area contributed by atoms with Crippen LogP contribution in [-0.4, -0.2) is 11.1 Å². The highest BCUT2D eigenvalue weighted by molar-refractivity contribution is 5.10. The van der Waals surface area contributed by atoms with E-state index in [9.17, 15) is 0 Å². The number of aromatic nitrogens is 1. The van der Waals surface area contributed by atoms with E-state index >= 15 is 0 Å². The summed E-state index contributed by atoms with van der Waals surface area (Å²) in [6, 6.07) is 2.83. The summed E-state index contributed by atoms with van der Waals surface area (Å²) in [6.45, 7) is 8.84. The molecule has 0 aromatic carbocycles. The first-order valence-corrected chi connectivity index (χ1v) is 6.15. The Labute approximate surface area is 93.7 Å². The van der Waals surface area contributed by atoms with Crippen LogP contribution in [0, 0.1) is 0 Å². The van der Waals surface area contributed by atoms with Crippen molar-refractivity contribution in [1.29, 1.82) is 0 Å². The van der Waals surface area contributed by atoms with Gasteiger partial charge in [0.2, 0.25) is 0 Å². The van der Waals surface area contributed by atoms with Crippen LogP contribution in [0.15, 0.2) is 18.5 Å². The van der Waals surface area contributed by atoms with Crippen LogP contribution in [0.1, 0.15) is 51.6 Å². The van der Waals surface area contributed by atoms with Gasteiger partial charge in [-0.1, -0.05) is 20.3 Å². The van der Waals surface area contributed by atoms with Crippen molar-refractivity contribution >= 4 is 0 Å². The second kappa shape index (κ2) is 6.67. The summed E-state index contributed by atoms with van der Waals surface area (Å²) in [5.74, 6) is 0. The molecule has 0 amide bonds. The Kier molecular flexibility index (Phi) is 5.48. The third kappa shape index (κ3) is 4.08. The molecular formula is C13H24N2. The van der Waals surface area contributed by atoms with E-state index < -0.39 is 0 Å². The molecule has 1 N–H and O–H groups in total. The summed E-state index contributed by atoms with van der Waals surface area (Å²) in [4.78, 5) is 0. The van der Waals surface area contributed by atoms with Crippen molar-refractivity contribution in [3.8, 4) is 0 Å². The predicted octanol–water partition coefficient (Wildman–Crippen LogP) is 3.35. The fraction of sp³-hybridized carbons (Fsp3) is 0.692. The molecule has 0 aliphatic heterocycles. The van der Waals surface area contributed by atoms with E-state index in [1.54, 1.807) is 0 Å². The molecule has 1 atom stereocenters. The van der Waals surface area contributed by atoms with Crippen LogP contribution < -0.4 is 5.32 Å². The molecule has 1 rings (SSSR count). The Balaban J connectivity index is 2.33. The summed E-state index contributed by atoms with van der Waals surface area (Å²) in [5.41, 5.74) is 1.39. The summed E-state index contributed by atoms with van der Waals surface area (Å²) < 4.78 is 2.30. The smallest absolute Gasteiger partial charge is 0.0299 e. The van der Waals surface area contributed by atoms with Crippen molar-refractivity contribution in [2.45, 2.75) is 52.6 Å². The van der Waals surface area contributed by atoms with Gasteiger partial charge >= 0.3 is 0 Å². The van der Waals surface area contributed by atoms with Gasteiger partial charge in [0.15, 0.2) is 0 Å². The van der Waals surface area contributed by atoms with Gasteiger partial charge in [-0.2, -0.15) is 0 Å². The van der Waals surface area contributed by atoms with Crippen molar-refractivity contribution in [1.82, 2.24) is 9.88 Å². The van der Waals surface area contributed by atoms with Crippen LogP contribution in [-0.2, 0) is 6.54 Å². The predicted molar refractivity (Wildman–Crippen MR) is 66.0 cm³/mol. The monoisotopic (exact) mass is 208 g/mol. The summed E-state index contributed by atoms with van der Waals surface area (Å²) >= 11 is 0. The third-order valence-electron chi connectivity index (χ3n) is 2.91. The number of rotatable bonds is 7. The molecule has 0 aliphatic rings. The Morgan fingerprint density at radius 2 is 2.20 bits per heavy atom. The molecule has 1 aromatic rings. The minimum Gasteiger partial charge on any atom is -0.351 e. The molecular weight excluding hydrogens is 184 g/mol. The highest BCUT2D eigenvalue weighted by atomic mass is 15.0. The first-order chi connectivity index (χ1) is 7.27. The molecule has 0 unspecified atom stereocenters. The lowest BCUT2D eigenvalue weighted by Gasteiger charge is -2.09. The molecule has 0 bridgehead atoms. The second-order valence-corrected chi connectivity index (χ2v) is 4.25. The van der Waals surface area contributed by atoms with Crippen molar-refractivity contribution in [2.75, 3.05) is 6.54 Å². The van der Waals surface area contributed by atoms with E-state index in [0.717, 1.165) is 13.1 Å². The lowest BCUT2D eigenvalue weighted by molar-refractivity contribution is 0.531. The van der Waals surface area contributed by atoms with Crippen LogP contribution >= 0.6 is 0 Å². The Hall–Kier alpha value is -0.760. The average molecular weight is 208 g/mol. The van der Waals surface area contributed by atoms with Crippen molar-refractivity contribution in [3.05, 3.63) is 24.0 Å². The molecule has 2 nitrogen and oxygen atoms in total. The maximum Gasteiger partial charge on any atom is 0.0299 e. The van der Waals surface area contributed by atoms with E-state index in [-0.39, 0.29) is 0 Å². The molecule has 1 heterocycles. The van der Waals surface area contributed by atoms with Gasteiger partial charge in [-0.15, -0.1) is 0 Å². The maximum absolute atomic E-state index is 3.46. The van der Waals surface area contributed by atoms with Crippen LogP contribution in [0.25, 0.3) is 0 Å². The van der Waals surface area contributed by atoms with E-state index in [1.807, 2.05) is 0 Å². The molecule has 1 aromatic heterocycles. The standard InChI is InChI=1S/C13H24N2/c1-4-6-8-14-10-13-7-9-15(11-13)12(3)5-2/h7,9,11-12,14H,4-6,8,10H2,1-3H3/t12-/m1/s1. The normalized spacial score (nSPS) is 13.0. The maximum atomic E-state index is 3.46.